The molecule has 0 aliphatic rings. The molecule has 6 nitrogen and oxygen atoms in total. The first-order chi connectivity index (χ1) is 11.1. The molecule has 0 bridgehead atoms. The van der Waals surface area contributed by atoms with Gasteiger partial charge in [-0.25, -0.2) is 14.8 Å². The van der Waals surface area contributed by atoms with Crippen molar-refractivity contribution < 1.29 is 9.53 Å². The van der Waals surface area contributed by atoms with Crippen LogP contribution in [0.5, 0.6) is 0 Å². The largest absolute Gasteiger partial charge is 0.450 e. The number of pyridine rings is 1. The van der Waals surface area contributed by atoms with Crippen LogP contribution in [0.1, 0.15) is 20.8 Å². The van der Waals surface area contributed by atoms with Crippen molar-refractivity contribution >= 4 is 33.8 Å². The Balaban J connectivity index is 2.19. The fourth-order valence-corrected chi connectivity index (χ4v) is 2.67. The third-order valence-electron chi connectivity index (χ3n) is 3.51. The molecule has 120 valence electrons. The number of nitrogens with one attached hydrogen (secondary N) is 1. The second-order valence-corrected chi connectivity index (χ2v) is 5.81. The molecule has 2 heterocycles. The lowest BCUT2D eigenvalue weighted by atomic mass is 10.1. The Morgan fingerprint density at radius 1 is 1.35 bits per heavy atom. The summed E-state index contributed by atoms with van der Waals surface area (Å²) < 4.78 is 7.06. The Bertz CT molecular complexity index is 854. The summed E-state index contributed by atoms with van der Waals surface area (Å²) in [6, 6.07) is 7.86. The molecule has 6 heteroatoms. The van der Waals surface area contributed by atoms with E-state index in [-0.39, 0.29) is 0 Å². The van der Waals surface area contributed by atoms with E-state index in [1.807, 2.05) is 24.3 Å². The van der Waals surface area contributed by atoms with E-state index in [2.05, 4.69) is 33.7 Å². The number of carbonyl (C=O) groups excluding carboxylic acids is 1. The predicted octanol–water partition coefficient (Wildman–Crippen LogP) is 3.81. The fraction of sp³-hybridized carbons (Fsp3) is 0.353. The molecule has 0 radical (unpaired) electrons. The number of imidazole rings is 1. The van der Waals surface area contributed by atoms with Gasteiger partial charge in [0.05, 0.1) is 24.0 Å². The summed E-state index contributed by atoms with van der Waals surface area (Å²) in [5.74, 6) is 0.917. The van der Waals surface area contributed by atoms with E-state index in [1.165, 1.54) is 0 Å². The van der Waals surface area contributed by atoms with Gasteiger partial charge in [0.2, 0.25) is 0 Å². The lowest BCUT2D eigenvalue weighted by Gasteiger charge is -2.11. The summed E-state index contributed by atoms with van der Waals surface area (Å²) in [6.07, 6.45) is 1.28. The van der Waals surface area contributed by atoms with E-state index < -0.39 is 6.09 Å². The van der Waals surface area contributed by atoms with Crippen LogP contribution in [0, 0.1) is 5.92 Å². The number of anilines is 1. The number of nitrogens with zero attached hydrogens (tertiary/aromatic N) is 3. The van der Waals surface area contributed by atoms with E-state index in [0.29, 0.717) is 23.9 Å². The minimum atomic E-state index is -0.519. The lowest BCUT2D eigenvalue weighted by molar-refractivity contribution is 0.168. The standard InChI is InChI=1S/C17H20N4O2/c1-4-23-17(22)20-16-14-15(21(10-18-14)9-11(2)3)12-7-5-6-8-13(12)19-16/h5-8,10-11H,4,9H2,1-3H3,(H,19,20,22). The smallest absolute Gasteiger partial charge is 0.412 e. The number of amides is 1. The zero-order chi connectivity index (χ0) is 16.4. The molecule has 1 aromatic carbocycles. The summed E-state index contributed by atoms with van der Waals surface area (Å²) in [6.45, 7) is 7.24. The number of fused-ring (bicyclic) bond motifs is 3. The molecule has 3 aromatic rings. The molecule has 1 amide bonds. The second-order valence-electron chi connectivity index (χ2n) is 5.81. The van der Waals surface area contributed by atoms with Gasteiger partial charge in [-0.3, -0.25) is 5.32 Å². The maximum Gasteiger partial charge on any atom is 0.412 e. The number of carbonyl (C=O) groups is 1. The normalized spacial score (nSPS) is 11.3. The van der Waals surface area contributed by atoms with Crippen LogP contribution in [-0.4, -0.2) is 27.2 Å². The van der Waals surface area contributed by atoms with Gasteiger partial charge in [-0.2, -0.15) is 0 Å². The van der Waals surface area contributed by atoms with Crippen molar-refractivity contribution in [3.63, 3.8) is 0 Å². The van der Waals surface area contributed by atoms with Gasteiger partial charge in [0.15, 0.2) is 5.82 Å². The lowest BCUT2D eigenvalue weighted by Crippen LogP contribution is -2.15. The monoisotopic (exact) mass is 312 g/mol. The van der Waals surface area contributed by atoms with Gasteiger partial charge in [-0.15, -0.1) is 0 Å². The average molecular weight is 312 g/mol. The van der Waals surface area contributed by atoms with Gasteiger partial charge in [-0.05, 0) is 18.9 Å². The molecular weight excluding hydrogens is 292 g/mol. The molecule has 0 atom stereocenters. The van der Waals surface area contributed by atoms with E-state index in [4.69, 9.17) is 4.74 Å². The first kappa shape index (κ1) is 15.3. The Morgan fingerprint density at radius 3 is 2.87 bits per heavy atom. The molecule has 0 unspecified atom stereocenters. The molecule has 2 aromatic heterocycles. The maximum atomic E-state index is 11.8. The maximum absolute atomic E-state index is 11.8. The van der Waals surface area contributed by atoms with Gasteiger partial charge in [0, 0.05) is 11.9 Å². The van der Waals surface area contributed by atoms with Gasteiger partial charge in [-0.1, -0.05) is 32.0 Å². The highest BCUT2D eigenvalue weighted by molar-refractivity contribution is 6.08. The highest BCUT2D eigenvalue weighted by atomic mass is 16.5. The van der Waals surface area contributed by atoms with Crippen LogP contribution < -0.4 is 5.32 Å². The third kappa shape index (κ3) is 2.97. The minimum Gasteiger partial charge on any atom is -0.450 e. The number of aromatic nitrogens is 3. The number of rotatable bonds is 4. The third-order valence-corrected chi connectivity index (χ3v) is 3.51. The summed E-state index contributed by atoms with van der Waals surface area (Å²) in [5, 5.41) is 3.72. The van der Waals surface area contributed by atoms with Crippen molar-refractivity contribution in [2.75, 3.05) is 11.9 Å². The van der Waals surface area contributed by atoms with Crippen LogP contribution in [0.25, 0.3) is 21.9 Å². The highest BCUT2D eigenvalue weighted by Crippen LogP contribution is 2.29. The zero-order valence-electron chi connectivity index (χ0n) is 13.5. The van der Waals surface area contributed by atoms with Crippen LogP contribution in [0.4, 0.5) is 10.6 Å². The Labute approximate surface area is 134 Å². The summed E-state index contributed by atoms with van der Waals surface area (Å²) in [7, 11) is 0. The first-order valence-electron chi connectivity index (χ1n) is 7.77. The van der Waals surface area contributed by atoms with E-state index in [0.717, 1.165) is 23.0 Å². The zero-order valence-corrected chi connectivity index (χ0v) is 13.5. The van der Waals surface area contributed by atoms with Gasteiger partial charge < -0.3 is 9.30 Å². The van der Waals surface area contributed by atoms with Crippen molar-refractivity contribution in [1.82, 2.24) is 14.5 Å². The highest BCUT2D eigenvalue weighted by Gasteiger charge is 2.16. The van der Waals surface area contributed by atoms with E-state index in [9.17, 15) is 4.79 Å². The Kier molecular flexibility index (Phi) is 4.14. The summed E-state index contributed by atoms with van der Waals surface area (Å²) >= 11 is 0. The van der Waals surface area contributed by atoms with Crippen LogP contribution >= 0.6 is 0 Å². The molecule has 3 rings (SSSR count). The van der Waals surface area contributed by atoms with Crippen molar-refractivity contribution in [3.05, 3.63) is 30.6 Å². The average Bonchev–Trinajstić information content (AvgIpc) is 2.91. The van der Waals surface area contributed by atoms with Crippen LogP contribution in [-0.2, 0) is 11.3 Å². The molecule has 0 fully saturated rings. The van der Waals surface area contributed by atoms with Crippen molar-refractivity contribution in [2.45, 2.75) is 27.3 Å². The van der Waals surface area contributed by atoms with E-state index in [1.54, 1.807) is 13.3 Å². The Morgan fingerprint density at radius 2 is 2.13 bits per heavy atom. The first-order valence-corrected chi connectivity index (χ1v) is 7.77. The molecule has 0 saturated carbocycles. The SMILES string of the molecule is CCOC(=O)Nc1nc2ccccc2c2c1ncn2CC(C)C. The summed E-state index contributed by atoms with van der Waals surface area (Å²) in [4.78, 5) is 20.8. The van der Waals surface area contributed by atoms with Crippen molar-refractivity contribution in [2.24, 2.45) is 5.92 Å². The summed E-state index contributed by atoms with van der Waals surface area (Å²) in [5.41, 5.74) is 2.48. The molecule has 0 aliphatic carbocycles. The number of hydrogen-bond acceptors (Lipinski definition) is 4. The molecule has 0 spiro atoms. The number of para-hydroxylation sites is 1. The fourth-order valence-electron chi connectivity index (χ4n) is 2.67. The number of hydrogen-bond donors (Lipinski definition) is 1. The Hall–Kier alpha value is -2.63. The molecule has 1 N–H and O–H groups in total. The van der Waals surface area contributed by atoms with E-state index >= 15 is 0 Å². The second kappa shape index (κ2) is 6.24. The van der Waals surface area contributed by atoms with Gasteiger partial charge in [0.25, 0.3) is 0 Å². The van der Waals surface area contributed by atoms with Crippen molar-refractivity contribution in [3.8, 4) is 0 Å². The topological polar surface area (TPSA) is 69.0 Å². The minimum absolute atomic E-state index is 0.310. The van der Waals surface area contributed by atoms with Crippen LogP contribution in [0.2, 0.25) is 0 Å². The van der Waals surface area contributed by atoms with Gasteiger partial charge >= 0.3 is 6.09 Å². The predicted molar refractivity (Wildman–Crippen MR) is 90.5 cm³/mol. The number of benzene rings is 1. The van der Waals surface area contributed by atoms with Crippen molar-refractivity contribution in [1.29, 1.82) is 0 Å². The molecular formula is C17H20N4O2. The molecule has 0 saturated heterocycles. The quantitative estimate of drug-likeness (QED) is 0.795. The van der Waals surface area contributed by atoms with Crippen LogP contribution in [0.3, 0.4) is 0 Å². The number of ether oxygens (including phenoxy) is 1. The molecule has 23 heavy (non-hydrogen) atoms. The van der Waals surface area contributed by atoms with Gasteiger partial charge in [0.1, 0.15) is 5.52 Å². The van der Waals surface area contributed by atoms with Crippen LogP contribution in [0.15, 0.2) is 30.6 Å². The molecule has 0 aliphatic heterocycles.